The van der Waals surface area contributed by atoms with Crippen LogP contribution in [-0.4, -0.2) is 29.1 Å². The number of phosphoric acid groups is 1. The maximum Gasteiger partial charge on any atom is 0.471 e. The van der Waals surface area contributed by atoms with Crippen molar-refractivity contribution in [3.8, 4) is 17.6 Å². The first-order valence-corrected chi connectivity index (χ1v) is 11.9. The molecule has 1 aromatic carbocycles. The van der Waals surface area contributed by atoms with Crippen molar-refractivity contribution in [2.45, 2.75) is 26.4 Å². The average molecular weight is 535 g/mol. The number of aryl methyl sites for hydroxylation is 1. The summed E-state index contributed by atoms with van der Waals surface area (Å²) < 4.78 is 64.1. The minimum absolute atomic E-state index is 0.120. The number of pyridine rings is 2. The van der Waals surface area contributed by atoms with Crippen LogP contribution in [-0.2, 0) is 28.5 Å². The van der Waals surface area contributed by atoms with Gasteiger partial charge < -0.3 is 19.1 Å². The van der Waals surface area contributed by atoms with E-state index >= 15 is 0 Å². The summed E-state index contributed by atoms with van der Waals surface area (Å²) in [4.78, 5) is 35.2. The van der Waals surface area contributed by atoms with Gasteiger partial charge in [-0.05, 0) is 48.9 Å². The predicted octanol–water partition coefficient (Wildman–Crippen LogP) is 3.70. The normalized spacial score (nSPS) is 12.0. The van der Waals surface area contributed by atoms with Gasteiger partial charge in [0.05, 0.1) is 23.9 Å². The highest BCUT2D eigenvalue weighted by Gasteiger charge is 2.36. The molecule has 0 spiro atoms. The van der Waals surface area contributed by atoms with Crippen LogP contribution in [0.25, 0.3) is 11.0 Å². The molecular formula is C22H17F3N5O6P. The zero-order valence-corrected chi connectivity index (χ0v) is 19.8. The van der Waals surface area contributed by atoms with E-state index in [4.69, 9.17) is 19.8 Å². The Morgan fingerprint density at radius 1 is 1.22 bits per heavy atom. The van der Waals surface area contributed by atoms with Gasteiger partial charge in [-0.1, -0.05) is 0 Å². The Morgan fingerprint density at radius 2 is 1.97 bits per heavy atom. The largest absolute Gasteiger partial charge is 0.471 e. The molecule has 11 nitrogen and oxygen atoms in total. The molecular weight excluding hydrogens is 518 g/mol. The van der Waals surface area contributed by atoms with Crippen LogP contribution in [0.3, 0.4) is 0 Å². The highest BCUT2D eigenvalue weighted by atomic mass is 31.2. The van der Waals surface area contributed by atoms with Crippen molar-refractivity contribution in [2.75, 3.05) is 0 Å². The first-order chi connectivity index (χ1) is 17.4. The molecule has 192 valence electrons. The van der Waals surface area contributed by atoms with Gasteiger partial charge in [-0.25, -0.2) is 14.2 Å². The first kappa shape index (κ1) is 26.1. The van der Waals surface area contributed by atoms with Gasteiger partial charge in [0.25, 0.3) is 5.56 Å². The minimum Gasteiger partial charge on any atom is -0.451 e. The lowest BCUT2D eigenvalue weighted by atomic mass is 10.1. The van der Waals surface area contributed by atoms with Crippen LogP contribution in [0.1, 0.15) is 22.4 Å². The number of nitriles is 1. The Labute approximate surface area is 206 Å². The number of benzene rings is 1. The number of phosphoric ester groups is 1. The molecule has 15 heteroatoms. The summed E-state index contributed by atoms with van der Waals surface area (Å²) in [5, 5.41) is 13.7. The molecule has 0 saturated heterocycles. The Kier molecular flexibility index (Phi) is 6.90. The number of nitrogens with zero attached hydrogens (tertiary/aromatic N) is 5. The van der Waals surface area contributed by atoms with Gasteiger partial charge in [0.15, 0.2) is 12.4 Å². The number of hydrogen-bond donors (Lipinski definition) is 2. The van der Waals surface area contributed by atoms with Crippen molar-refractivity contribution in [3.05, 3.63) is 81.5 Å². The van der Waals surface area contributed by atoms with E-state index in [1.165, 1.54) is 24.4 Å². The maximum atomic E-state index is 13.7. The van der Waals surface area contributed by atoms with Crippen LogP contribution in [0, 0.1) is 18.3 Å². The fourth-order valence-electron chi connectivity index (χ4n) is 3.56. The standard InChI is InChI=1S/C22H17F3N5O6P/c1-13-7-14(10-26)9-15(8-13)36-19-17(22(23,24)25)4-6-29(21(19)31)11-18-16-3-2-5-27-20(16)30(28-18)12-35-37(32,33)34/h2-9H,11-12H2,1H3,(H2,32,33,34). The predicted molar refractivity (Wildman–Crippen MR) is 121 cm³/mol. The molecule has 4 rings (SSSR count). The van der Waals surface area contributed by atoms with E-state index in [2.05, 4.69) is 14.6 Å². The van der Waals surface area contributed by atoms with Gasteiger partial charge in [0.2, 0.25) is 5.75 Å². The Hall–Kier alpha value is -4.02. The summed E-state index contributed by atoms with van der Waals surface area (Å²) >= 11 is 0. The summed E-state index contributed by atoms with van der Waals surface area (Å²) in [6.07, 6.45) is -2.58. The van der Waals surface area contributed by atoms with E-state index in [-0.39, 0.29) is 29.2 Å². The molecule has 0 aliphatic heterocycles. The molecule has 0 unspecified atom stereocenters. The molecule has 37 heavy (non-hydrogen) atoms. The third-order valence-electron chi connectivity index (χ3n) is 5.08. The van der Waals surface area contributed by atoms with Gasteiger partial charge in [-0.2, -0.15) is 23.5 Å². The van der Waals surface area contributed by atoms with E-state index in [9.17, 15) is 22.5 Å². The lowest BCUT2D eigenvalue weighted by molar-refractivity contribution is -0.138. The van der Waals surface area contributed by atoms with Gasteiger partial charge in [0.1, 0.15) is 11.3 Å². The van der Waals surface area contributed by atoms with Gasteiger partial charge in [-0.3, -0.25) is 9.32 Å². The molecule has 3 heterocycles. The molecule has 0 aliphatic carbocycles. The molecule has 0 radical (unpaired) electrons. The molecule has 0 aliphatic rings. The number of halogens is 3. The third kappa shape index (κ3) is 5.87. The van der Waals surface area contributed by atoms with Crippen molar-refractivity contribution >= 4 is 18.9 Å². The van der Waals surface area contributed by atoms with E-state index in [0.717, 1.165) is 15.4 Å². The summed E-state index contributed by atoms with van der Waals surface area (Å²) in [6.45, 7) is 0.631. The van der Waals surface area contributed by atoms with Gasteiger partial charge in [-0.15, -0.1) is 0 Å². The second-order valence-corrected chi connectivity index (χ2v) is 9.05. The number of fused-ring (bicyclic) bond motifs is 1. The second kappa shape index (κ2) is 9.79. The van der Waals surface area contributed by atoms with Crippen LogP contribution in [0.15, 0.2) is 53.6 Å². The number of rotatable bonds is 7. The molecule has 3 aromatic heterocycles. The van der Waals surface area contributed by atoms with E-state index in [1.807, 2.05) is 6.07 Å². The average Bonchev–Trinajstić information content (AvgIpc) is 3.16. The number of hydrogen-bond acceptors (Lipinski definition) is 7. The van der Waals surface area contributed by atoms with Crippen molar-refractivity contribution < 1.29 is 36.8 Å². The van der Waals surface area contributed by atoms with E-state index in [1.54, 1.807) is 19.1 Å². The smallest absolute Gasteiger partial charge is 0.451 e. The Bertz CT molecular complexity index is 1640. The number of alkyl halides is 3. The summed E-state index contributed by atoms with van der Waals surface area (Å²) in [7, 11) is -4.83. The minimum atomic E-state index is -4.91. The van der Waals surface area contributed by atoms with Crippen molar-refractivity contribution in [1.29, 1.82) is 5.26 Å². The van der Waals surface area contributed by atoms with Crippen LogP contribution in [0.2, 0.25) is 0 Å². The van der Waals surface area contributed by atoms with Crippen LogP contribution in [0.4, 0.5) is 13.2 Å². The Morgan fingerprint density at radius 3 is 2.65 bits per heavy atom. The van der Waals surface area contributed by atoms with Crippen LogP contribution in [0.5, 0.6) is 11.5 Å². The molecule has 4 aromatic rings. The van der Waals surface area contributed by atoms with E-state index in [0.29, 0.717) is 17.0 Å². The molecule has 0 amide bonds. The van der Waals surface area contributed by atoms with Gasteiger partial charge >= 0.3 is 14.0 Å². The molecule has 0 fully saturated rings. The number of ether oxygens (including phenoxy) is 1. The van der Waals surface area contributed by atoms with Crippen molar-refractivity contribution in [3.63, 3.8) is 0 Å². The highest BCUT2D eigenvalue weighted by Crippen LogP contribution is 2.37. The second-order valence-electron chi connectivity index (χ2n) is 7.81. The zero-order valence-electron chi connectivity index (χ0n) is 18.9. The fourth-order valence-corrected chi connectivity index (χ4v) is 3.82. The molecule has 2 N–H and O–H groups in total. The van der Waals surface area contributed by atoms with Crippen molar-refractivity contribution in [1.82, 2.24) is 19.3 Å². The molecule has 0 bridgehead atoms. The summed E-state index contributed by atoms with van der Waals surface area (Å²) in [5.74, 6) is -1.11. The first-order valence-electron chi connectivity index (χ1n) is 10.4. The van der Waals surface area contributed by atoms with Crippen LogP contribution < -0.4 is 10.3 Å². The Balaban J connectivity index is 1.78. The van der Waals surface area contributed by atoms with Gasteiger partial charge in [0, 0.05) is 17.8 Å². The third-order valence-corrected chi connectivity index (χ3v) is 5.53. The highest BCUT2D eigenvalue weighted by molar-refractivity contribution is 7.46. The molecule has 0 saturated carbocycles. The SMILES string of the molecule is Cc1cc(C#N)cc(Oc2c(C(F)(F)F)ccn(Cc3nn(COP(=O)(O)O)c4ncccc34)c2=O)c1. The maximum absolute atomic E-state index is 13.7. The molecule has 0 atom stereocenters. The summed E-state index contributed by atoms with van der Waals surface area (Å²) in [5.41, 5.74) is -1.39. The zero-order chi connectivity index (χ0) is 27.0. The summed E-state index contributed by atoms with van der Waals surface area (Å²) in [6, 6.07) is 9.79. The fraction of sp³-hybridized carbons (Fsp3) is 0.182. The quantitative estimate of drug-likeness (QED) is 0.337. The lowest BCUT2D eigenvalue weighted by Crippen LogP contribution is -2.25. The topological polar surface area (TPSA) is 152 Å². The lowest BCUT2D eigenvalue weighted by Gasteiger charge is -2.15. The number of aromatic nitrogens is 4. The van der Waals surface area contributed by atoms with E-state index < -0.39 is 37.6 Å². The van der Waals surface area contributed by atoms with Crippen LogP contribution >= 0.6 is 7.82 Å². The van der Waals surface area contributed by atoms with Crippen molar-refractivity contribution in [2.24, 2.45) is 0 Å². The monoisotopic (exact) mass is 535 g/mol.